The summed E-state index contributed by atoms with van der Waals surface area (Å²) in [5, 5.41) is 8.87. The lowest BCUT2D eigenvalue weighted by Crippen LogP contribution is -2.37. The number of rotatable bonds is 3. The molecule has 2 aliphatic carbocycles. The molecule has 12 rings (SSSR count). The standard InChI is InChI=1S/C57H52BN2O/c1-54(2,3)32-18-20-33(21-19-32)59-47-30-45-44(55(4,5)24-25-56(45,6)7)26-39(47)36-22-23-37-40-27-43-38(34-14-10-12-16-42(34)57(43,8)9)28-48(40)60-49-29-41-35-15-11-13-17-50(35)61-51(41)31-46(49)58-52(36)53(37)60/h10-23,26-31,59H,24-25H2,1-9H3. The third-order valence-electron chi connectivity index (χ3n) is 15.0. The van der Waals surface area contributed by atoms with Crippen molar-refractivity contribution in [2.24, 2.45) is 0 Å². The normalized spacial score (nSPS) is 16.7. The highest BCUT2D eigenvalue weighted by molar-refractivity contribution is 6.73. The predicted octanol–water partition coefficient (Wildman–Crippen LogP) is 14.0. The van der Waals surface area contributed by atoms with E-state index in [9.17, 15) is 0 Å². The van der Waals surface area contributed by atoms with Crippen molar-refractivity contribution < 1.29 is 4.42 Å². The van der Waals surface area contributed by atoms with Gasteiger partial charge < -0.3 is 14.3 Å². The third-order valence-corrected chi connectivity index (χ3v) is 15.0. The van der Waals surface area contributed by atoms with Gasteiger partial charge in [0.2, 0.25) is 0 Å². The number of benzene rings is 7. The van der Waals surface area contributed by atoms with Crippen LogP contribution in [0.4, 0.5) is 11.4 Å². The van der Waals surface area contributed by atoms with Crippen LogP contribution in [0.1, 0.15) is 103 Å². The summed E-state index contributed by atoms with van der Waals surface area (Å²) >= 11 is 0. The molecular weight excluding hydrogens is 739 g/mol. The molecule has 0 fully saturated rings. The second-order valence-electron chi connectivity index (χ2n) is 21.2. The number of anilines is 2. The van der Waals surface area contributed by atoms with E-state index in [0.717, 1.165) is 46.2 Å². The lowest BCUT2D eigenvalue weighted by atomic mass is 9.58. The van der Waals surface area contributed by atoms with Gasteiger partial charge in [0.1, 0.15) is 11.2 Å². The van der Waals surface area contributed by atoms with E-state index in [1.165, 1.54) is 88.5 Å². The van der Waals surface area contributed by atoms with Crippen molar-refractivity contribution in [1.29, 1.82) is 0 Å². The summed E-state index contributed by atoms with van der Waals surface area (Å²) < 4.78 is 9.15. The Morgan fingerprint density at radius 1 is 0.574 bits per heavy atom. The smallest absolute Gasteiger partial charge is 0.198 e. The van der Waals surface area contributed by atoms with Crippen LogP contribution in [0.15, 0.2) is 126 Å². The minimum Gasteiger partial charge on any atom is -0.456 e. The van der Waals surface area contributed by atoms with Gasteiger partial charge in [0.15, 0.2) is 7.28 Å². The topological polar surface area (TPSA) is 30.1 Å². The molecule has 299 valence electrons. The fraction of sp³-hybridized carbons (Fsp3) is 0.263. The molecule has 3 heterocycles. The molecule has 61 heavy (non-hydrogen) atoms. The minimum absolute atomic E-state index is 0.0512. The van der Waals surface area contributed by atoms with Crippen LogP contribution in [-0.4, -0.2) is 11.8 Å². The number of hydrogen-bond donors (Lipinski definition) is 1. The molecular formula is C57H52BN2O. The Morgan fingerprint density at radius 2 is 1.30 bits per heavy atom. The molecule has 3 nitrogen and oxygen atoms in total. The maximum absolute atomic E-state index is 6.57. The molecule has 1 aliphatic heterocycles. The van der Waals surface area contributed by atoms with Gasteiger partial charge in [-0.25, -0.2) is 0 Å². The molecule has 0 amide bonds. The predicted molar refractivity (Wildman–Crippen MR) is 260 cm³/mol. The highest BCUT2D eigenvalue weighted by Crippen LogP contribution is 2.53. The maximum atomic E-state index is 6.57. The van der Waals surface area contributed by atoms with Crippen LogP contribution < -0.4 is 16.2 Å². The van der Waals surface area contributed by atoms with Gasteiger partial charge in [-0.2, -0.15) is 0 Å². The van der Waals surface area contributed by atoms with Crippen LogP contribution in [0.5, 0.6) is 0 Å². The van der Waals surface area contributed by atoms with Gasteiger partial charge in [0, 0.05) is 55.1 Å². The number of furan rings is 1. The van der Waals surface area contributed by atoms with Crippen LogP contribution in [0.3, 0.4) is 0 Å². The first kappa shape index (κ1) is 36.8. The molecule has 4 heteroatoms. The lowest BCUT2D eigenvalue weighted by Gasteiger charge is -2.42. The fourth-order valence-corrected chi connectivity index (χ4v) is 11.3. The Hall–Kier alpha value is -6.00. The molecule has 1 N–H and O–H groups in total. The van der Waals surface area contributed by atoms with Crippen LogP contribution in [0, 0.1) is 0 Å². The Kier molecular flexibility index (Phi) is 7.30. The quantitative estimate of drug-likeness (QED) is 0.181. The van der Waals surface area contributed by atoms with Crippen LogP contribution >= 0.6 is 0 Å². The second-order valence-corrected chi connectivity index (χ2v) is 21.2. The first-order valence-electron chi connectivity index (χ1n) is 22.2. The Bertz CT molecular complexity index is 3360. The SMILES string of the molecule is CC(C)(C)c1ccc(Nc2cc3c(cc2-c2ccc4c5cc6c(cc5n5c4c2[B]c2cc4oc7ccccc7c4cc2-5)-c2ccccc2C6(C)C)C(C)(C)CCC3(C)C)cc1. The number of para-hydroxylation sites is 1. The molecule has 9 aromatic rings. The summed E-state index contributed by atoms with van der Waals surface area (Å²) in [4.78, 5) is 0. The van der Waals surface area contributed by atoms with Gasteiger partial charge >= 0.3 is 0 Å². The first-order chi connectivity index (χ1) is 29.1. The van der Waals surface area contributed by atoms with Crippen molar-refractivity contribution in [3.05, 3.63) is 149 Å². The van der Waals surface area contributed by atoms with Crippen molar-refractivity contribution in [3.63, 3.8) is 0 Å². The zero-order valence-electron chi connectivity index (χ0n) is 36.9. The van der Waals surface area contributed by atoms with Crippen molar-refractivity contribution in [2.75, 3.05) is 5.32 Å². The van der Waals surface area contributed by atoms with Gasteiger partial charge in [-0.15, -0.1) is 0 Å². The van der Waals surface area contributed by atoms with Gasteiger partial charge in [-0.3, -0.25) is 0 Å². The largest absolute Gasteiger partial charge is 0.456 e. The molecule has 2 aromatic heterocycles. The van der Waals surface area contributed by atoms with Crippen molar-refractivity contribution in [3.8, 4) is 27.9 Å². The molecule has 0 spiro atoms. The van der Waals surface area contributed by atoms with Crippen molar-refractivity contribution >= 4 is 73.3 Å². The van der Waals surface area contributed by atoms with E-state index in [1.807, 2.05) is 0 Å². The fourth-order valence-electron chi connectivity index (χ4n) is 11.3. The minimum atomic E-state index is -0.0985. The number of nitrogens with one attached hydrogen (secondary N) is 1. The van der Waals surface area contributed by atoms with Crippen molar-refractivity contribution in [1.82, 2.24) is 4.57 Å². The van der Waals surface area contributed by atoms with Crippen LogP contribution in [0.2, 0.25) is 0 Å². The molecule has 0 saturated heterocycles. The van der Waals surface area contributed by atoms with Crippen LogP contribution in [-0.2, 0) is 21.7 Å². The number of fused-ring (bicyclic) bond motifs is 12. The van der Waals surface area contributed by atoms with Crippen molar-refractivity contribution in [2.45, 2.75) is 96.8 Å². The van der Waals surface area contributed by atoms with Gasteiger partial charge in [0.05, 0.1) is 5.52 Å². The summed E-state index contributed by atoms with van der Waals surface area (Å²) in [5.74, 6) is 0. The monoisotopic (exact) mass is 791 g/mol. The first-order valence-corrected chi connectivity index (χ1v) is 22.2. The maximum Gasteiger partial charge on any atom is 0.198 e. The Labute approximate surface area is 360 Å². The van der Waals surface area contributed by atoms with E-state index >= 15 is 0 Å². The average molecular weight is 792 g/mol. The molecule has 0 atom stereocenters. The zero-order chi connectivity index (χ0) is 42.0. The van der Waals surface area contributed by atoms with E-state index in [4.69, 9.17) is 4.42 Å². The highest BCUT2D eigenvalue weighted by atomic mass is 16.3. The van der Waals surface area contributed by atoms with Crippen LogP contribution in [0.25, 0.3) is 71.7 Å². The van der Waals surface area contributed by atoms with E-state index in [2.05, 4.69) is 201 Å². The number of aromatic nitrogens is 1. The summed E-state index contributed by atoms with van der Waals surface area (Å²) in [5.41, 5.74) is 22.5. The van der Waals surface area contributed by atoms with E-state index in [1.54, 1.807) is 0 Å². The highest BCUT2D eigenvalue weighted by Gasteiger charge is 2.40. The molecule has 3 aliphatic rings. The number of hydrogen-bond acceptors (Lipinski definition) is 2. The average Bonchev–Trinajstić information content (AvgIpc) is 3.84. The molecule has 1 radical (unpaired) electrons. The molecule has 0 unspecified atom stereocenters. The van der Waals surface area contributed by atoms with E-state index in [0.29, 0.717) is 0 Å². The zero-order valence-corrected chi connectivity index (χ0v) is 36.9. The lowest BCUT2D eigenvalue weighted by molar-refractivity contribution is 0.332. The summed E-state index contributed by atoms with van der Waals surface area (Å²) in [7, 11) is 2.45. The summed E-state index contributed by atoms with van der Waals surface area (Å²) in [6.45, 7) is 21.4. The van der Waals surface area contributed by atoms with Gasteiger partial charge in [0.25, 0.3) is 0 Å². The second kappa shape index (κ2) is 12.1. The summed E-state index contributed by atoms with van der Waals surface area (Å²) in [6.07, 6.45) is 2.32. The Morgan fingerprint density at radius 3 is 2.07 bits per heavy atom. The Balaban J connectivity index is 1.16. The van der Waals surface area contributed by atoms with Gasteiger partial charge in [-0.1, -0.05) is 135 Å². The third kappa shape index (κ3) is 5.17. The summed E-state index contributed by atoms with van der Waals surface area (Å²) in [6, 6.07) is 46.0. The molecule has 7 aromatic carbocycles. The van der Waals surface area contributed by atoms with Gasteiger partial charge in [-0.05, 0) is 134 Å². The molecule has 0 bridgehead atoms. The van der Waals surface area contributed by atoms with E-state index < -0.39 is 0 Å². The molecule has 0 saturated carbocycles. The van der Waals surface area contributed by atoms with E-state index in [-0.39, 0.29) is 21.7 Å². The number of nitrogens with zero attached hydrogens (tertiary/aromatic N) is 1.